The second-order valence-corrected chi connectivity index (χ2v) is 9.24. The lowest BCUT2D eigenvalue weighted by Crippen LogP contribution is -2.28. The van der Waals surface area contributed by atoms with Crippen molar-refractivity contribution < 1.29 is 19.4 Å². The van der Waals surface area contributed by atoms with Crippen molar-refractivity contribution in [1.82, 2.24) is 4.90 Å². The molecule has 1 unspecified atom stereocenters. The van der Waals surface area contributed by atoms with Crippen LogP contribution in [0.1, 0.15) is 21.4 Å². The summed E-state index contributed by atoms with van der Waals surface area (Å²) in [6.07, 6.45) is 0. The first-order valence-corrected chi connectivity index (χ1v) is 11.2. The SMILES string of the molecule is COc1ccc(/C(O)=C2/C(=O)C(=O)N(Cc3cccs3)C2c2cccs2)cc1Br. The van der Waals surface area contributed by atoms with Crippen LogP contribution < -0.4 is 4.74 Å². The highest BCUT2D eigenvalue weighted by atomic mass is 79.9. The summed E-state index contributed by atoms with van der Waals surface area (Å²) in [4.78, 5) is 29.1. The van der Waals surface area contributed by atoms with E-state index in [-0.39, 0.29) is 11.3 Å². The van der Waals surface area contributed by atoms with E-state index in [1.807, 2.05) is 35.0 Å². The zero-order valence-electron chi connectivity index (χ0n) is 15.3. The molecule has 29 heavy (non-hydrogen) atoms. The number of Topliss-reactive ketones (excluding diaryl/α,β-unsaturated/α-hetero) is 1. The number of aliphatic hydroxyl groups is 1. The number of rotatable bonds is 5. The van der Waals surface area contributed by atoms with Gasteiger partial charge in [0.1, 0.15) is 17.6 Å². The Bertz CT molecular complexity index is 1090. The molecule has 0 bridgehead atoms. The lowest BCUT2D eigenvalue weighted by atomic mass is 10.00. The van der Waals surface area contributed by atoms with E-state index in [0.717, 1.165) is 9.75 Å². The maximum Gasteiger partial charge on any atom is 0.296 e. The maximum absolute atomic E-state index is 12.9. The molecule has 0 aliphatic carbocycles. The number of aliphatic hydroxyl groups excluding tert-OH is 1. The van der Waals surface area contributed by atoms with Crippen molar-refractivity contribution >= 4 is 56.1 Å². The molecule has 1 aromatic carbocycles. The summed E-state index contributed by atoms with van der Waals surface area (Å²) < 4.78 is 5.87. The van der Waals surface area contributed by atoms with Crippen LogP contribution in [0.25, 0.3) is 5.76 Å². The number of nitrogens with zero attached hydrogens (tertiary/aromatic N) is 1. The molecule has 3 heterocycles. The van der Waals surface area contributed by atoms with Crippen LogP contribution in [0.2, 0.25) is 0 Å². The molecule has 1 fully saturated rings. The smallest absolute Gasteiger partial charge is 0.296 e. The molecule has 0 saturated carbocycles. The monoisotopic (exact) mass is 489 g/mol. The van der Waals surface area contributed by atoms with Gasteiger partial charge in [0.2, 0.25) is 0 Å². The van der Waals surface area contributed by atoms with Crippen LogP contribution >= 0.6 is 38.6 Å². The number of benzene rings is 1. The number of carbonyl (C=O) groups excluding carboxylic acids is 2. The topological polar surface area (TPSA) is 66.8 Å². The predicted molar refractivity (Wildman–Crippen MR) is 117 cm³/mol. The van der Waals surface area contributed by atoms with Gasteiger partial charge in [0, 0.05) is 15.3 Å². The number of amides is 1. The Morgan fingerprint density at radius 2 is 1.93 bits per heavy atom. The molecule has 1 amide bonds. The van der Waals surface area contributed by atoms with Crippen molar-refractivity contribution in [2.45, 2.75) is 12.6 Å². The fraction of sp³-hybridized carbons (Fsp3) is 0.143. The molecule has 0 radical (unpaired) electrons. The lowest BCUT2D eigenvalue weighted by molar-refractivity contribution is -0.140. The number of methoxy groups -OCH3 is 1. The molecule has 1 aliphatic rings. The number of hydrogen-bond acceptors (Lipinski definition) is 6. The van der Waals surface area contributed by atoms with Crippen molar-refractivity contribution in [2.75, 3.05) is 7.11 Å². The molecule has 148 valence electrons. The molecule has 4 rings (SSSR count). The highest BCUT2D eigenvalue weighted by Crippen LogP contribution is 2.42. The third-order valence-electron chi connectivity index (χ3n) is 4.68. The molecule has 8 heteroatoms. The van der Waals surface area contributed by atoms with Crippen LogP contribution in [-0.4, -0.2) is 28.8 Å². The first-order valence-electron chi connectivity index (χ1n) is 8.69. The number of likely N-dealkylation sites (tertiary alicyclic amines) is 1. The van der Waals surface area contributed by atoms with Gasteiger partial charge in [-0.15, -0.1) is 22.7 Å². The second kappa shape index (κ2) is 8.14. The Kier molecular flexibility index (Phi) is 5.58. The third kappa shape index (κ3) is 3.63. The Morgan fingerprint density at radius 1 is 1.17 bits per heavy atom. The van der Waals surface area contributed by atoms with Gasteiger partial charge >= 0.3 is 0 Å². The maximum atomic E-state index is 12.9. The van der Waals surface area contributed by atoms with Gasteiger partial charge in [-0.1, -0.05) is 12.1 Å². The van der Waals surface area contributed by atoms with Gasteiger partial charge in [-0.2, -0.15) is 0 Å². The molecular formula is C21H16BrNO4S2. The predicted octanol–water partition coefficient (Wildman–Crippen LogP) is 5.20. The van der Waals surface area contributed by atoms with Gasteiger partial charge in [-0.05, 0) is 57.0 Å². The Morgan fingerprint density at radius 3 is 2.55 bits per heavy atom. The summed E-state index contributed by atoms with van der Waals surface area (Å²) in [5.74, 6) is -0.872. The minimum atomic E-state index is -0.676. The van der Waals surface area contributed by atoms with Crippen molar-refractivity contribution in [3.63, 3.8) is 0 Å². The summed E-state index contributed by atoms with van der Waals surface area (Å²) in [5.41, 5.74) is 0.541. The molecule has 5 nitrogen and oxygen atoms in total. The molecule has 0 spiro atoms. The average Bonchev–Trinajstić information content (AvgIpc) is 3.46. The van der Waals surface area contributed by atoms with Gasteiger partial charge < -0.3 is 14.7 Å². The molecule has 2 aromatic heterocycles. The van der Waals surface area contributed by atoms with Crippen molar-refractivity contribution in [3.8, 4) is 5.75 Å². The molecule has 1 N–H and O–H groups in total. The van der Waals surface area contributed by atoms with Gasteiger partial charge in [-0.3, -0.25) is 9.59 Å². The van der Waals surface area contributed by atoms with E-state index in [0.29, 0.717) is 22.3 Å². The van der Waals surface area contributed by atoms with E-state index in [9.17, 15) is 14.7 Å². The Labute approximate surface area is 184 Å². The second-order valence-electron chi connectivity index (χ2n) is 6.37. The van der Waals surface area contributed by atoms with Crippen molar-refractivity contribution in [1.29, 1.82) is 0 Å². The Balaban J connectivity index is 1.83. The van der Waals surface area contributed by atoms with Crippen LogP contribution in [0.4, 0.5) is 0 Å². The van der Waals surface area contributed by atoms with Crippen molar-refractivity contribution in [3.05, 3.63) is 78.6 Å². The van der Waals surface area contributed by atoms with E-state index in [1.54, 1.807) is 25.3 Å². The minimum absolute atomic E-state index is 0.103. The largest absolute Gasteiger partial charge is 0.507 e. The zero-order chi connectivity index (χ0) is 20.5. The van der Waals surface area contributed by atoms with Crippen LogP contribution in [0, 0.1) is 0 Å². The van der Waals surface area contributed by atoms with E-state index >= 15 is 0 Å². The highest BCUT2D eigenvalue weighted by molar-refractivity contribution is 9.10. The number of ether oxygens (including phenoxy) is 1. The lowest BCUT2D eigenvalue weighted by Gasteiger charge is -2.23. The van der Waals surface area contributed by atoms with E-state index in [1.165, 1.54) is 27.6 Å². The van der Waals surface area contributed by atoms with Crippen LogP contribution in [0.5, 0.6) is 5.75 Å². The zero-order valence-corrected chi connectivity index (χ0v) is 18.5. The minimum Gasteiger partial charge on any atom is -0.507 e. The van der Waals surface area contributed by atoms with E-state index < -0.39 is 17.7 Å². The van der Waals surface area contributed by atoms with E-state index in [2.05, 4.69) is 15.9 Å². The van der Waals surface area contributed by atoms with Gasteiger partial charge in [0.05, 0.1) is 23.7 Å². The highest BCUT2D eigenvalue weighted by Gasteiger charge is 2.46. The van der Waals surface area contributed by atoms with Crippen LogP contribution in [0.3, 0.4) is 0 Å². The molecular weight excluding hydrogens is 474 g/mol. The van der Waals surface area contributed by atoms with Crippen LogP contribution in [-0.2, 0) is 16.1 Å². The van der Waals surface area contributed by atoms with Crippen LogP contribution in [0.15, 0.2) is 63.3 Å². The van der Waals surface area contributed by atoms with E-state index in [4.69, 9.17) is 4.74 Å². The summed E-state index contributed by atoms with van der Waals surface area (Å²) in [7, 11) is 1.55. The molecule has 3 aromatic rings. The van der Waals surface area contributed by atoms with Crippen molar-refractivity contribution in [2.24, 2.45) is 0 Å². The fourth-order valence-corrected chi connectivity index (χ4v) is 5.41. The number of carbonyl (C=O) groups is 2. The Hall–Kier alpha value is -2.42. The normalized spacial score (nSPS) is 18.4. The summed E-state index contributed by atoms with van der Waals surface area (Å²) in [5, 5.41) is 14.9. The molecule has 1 atom stereocenters. The quantitative estimate of drug-likeness (QED) is 0.303. The van der Waals surface area contributed by atoms with Gasteiger partial charge in [0.25, 0.3) is 11.7 Å². The summed E-state index contributed by atoms with van der Waals surface area (Å²) in [6, 6.07) is 12.0. The number of halogens is 1. The van der Waals surface area contributed by atoms with Gasteiger partial charge in [-0.25, -0.2) is 0 Å². The summed E-state index contributed by atoms with van der Waals surface area (Å²) in [6.45, 7) is 0.313. The average molecular weight is 490 g/mol. The van der Waals surface area contributed by atoms with Gasteiger partial charge in [0.15, 0.2) is 0 Å². The standard InChI is InChI=1S/C21H16BrNO4S2/c1-27-15-7-6-12(10-14(15)22)19(24)17-18(16-5-3-9-29-16)23(21(26)20(17)25)11-13-4-2-8-28-13/h2-10,18,24H,11H2,1H3/b19-17-. The number of thiophene rings is 2. The first-order chi connectivity index (χ1) is 14.0. The fourth-order valence-electron chi connectivity index (χ4n) is 3.33. The molecule has 1 saturated heterocycles. The first kappa shape index (κ1) is 19.9. The molecule has 1 aliphatic heterocycles. The number of hydrogen-bond donors (Lipinski definition) is 1. The number of ketones is 1. The third-order valence-corrected chi connectivity index (χ3v) is 7.09. The summed E-state index contributed by atoms with van der Waals surface area (Å²) >= 11 is 6.37.